The Labute approximate surface area is 109 Å². The van der Waals surface area contributed by atoms with Crippen molar-refractivity contribution in [2.75, 3.05) is 20.8 Å². The molecule has 1 aromatic carbocycles. The molecule has 18 heavy (non-hydrogen) atoms. The summed E-state index contributed by atoms with van der Waals surface area (Å²) in [7, 11) is 3.37. The Morgan fingerprint density at radius 2 is 1.72 bits per heavy atom. The fraction of sp³-hybridized carbons (Fsp3) is 0.600. The summed E-state index contributed by atoms with van der Waals surface area (Å²) in [4.78, 5) is 0. The molecule has 1 heterocycles. The van der Waals surface area contributed by atoms with Crippen LogP contribution in [0.4, 0.5) is 0 Å². The summed E-state index contributed by atoms with van der Waals surface area (Å²) >= 11 is 0. The molecule has 1 aliphatic heterocycles. The topological polar surface area (TPSA) is 30.5 Å². The highest BCUT2D eigenvalue weighted by atomic mass is 16.5. The summed E-state index contributed by atoms with van der Waals surface area (Å²) in [6.07, 6.45) is 1.04. The highest BCUT2D eigenvalue weighted by Crippen LogP contribution is 2.41. The van der Waals surface area contributed by atoms with E-state index in [4.69, 9.17) is 9.47 Å². The van der Waals surface area contributed by atoms with E-state index in [0.29, 0.717) is 6.04 Å². The van der Waals surface area contributed by atoms with Gasteiger partial charge in [-0.05, 0) is 41.6 Å². The van der Waals surface area contributed by atoms with Gasteiger partial charge in [0.05, 0.1) is 14.2 Å². The van der Waals surface area contributed by atoms with Crippen LogP contribution >= 0.6 is 0 Å². The first-order chi connectivity index (χ1) is 8.47. The quantitative estimate of drug-likeness (QED) is 0.874. The van der Waals surface area contributed by atoms with Gasteiger partial charge in [-0.3, -0.25) is 0 Å². The van der Waals surface area contributed by atoms with Gasteiger partial charge in [-0.2, -0.15) is 0 Å². The van der Waals surface area contributed by atoms with Crippen molar-refractivity contribution < 1.29 is 9.47 Å². The van der Waals surface area contributed by atoms with Gasteiger partial charge in [-0.15, -0.1) is 0 Å². The van der Waals surface area contributed by atoms with Crippen LogP contribution in [0.1, 0.15) is 37.9 Å². The second kappa shape index (κ2) is 4.81. The molecule has 3 heteroatoms. The van der Waals surface area contributed by atoms with Gasteiger partial charge in [-0.25, -0.2) is 0 Å². The van der Waals surface area contributed by atoms with Crippen LogP contribution in [-0.4, -0.2) is 20.8 Å². The van der Waals surface area contributed by atoms with Gasteiger partial charge >= 0.3 is 0 Å². The van der Waals surface area contributed by atoms with Crippen molar-refractivity contribution in [1.29, 1.82) is 0 Å². The molecule has 0 radical (unpaired) electrons. The van der Waals surface area contributed by atoms with Crippen LogP contribution in [0.25, 0.3) is 0 Å². The Balaban J connectivity index is 2.50. The van der Waals surface area contributed by atoms with Crippen LogP contribution in [0.2, 0.25) is 0 Å². The summed E-state index contributed by atoms with van der Waals surface area (Å²) in [5, 5.41) is 3.61. The average Bonchev–Trinajstić information content (AvgIpc) is 2.35. The maximum atomic E-state index is 5.41. The van der Waals surface area contributed by atoms with Gasteiger partial charge in [-0.1, -0.05) is 20.8 Å². The van der Waals surface area contributed by atoms with Crippen molar-refractivity contribution in [3.05, 3.63) is 23.3 Å². The predicted molar refractivity (Wildman–Crippen MR) is 73.4 cm³/mol. The van der Waals surface area contributed by atoms with Crippen LogP contribution in [0.5, 0.6) is 11.5 Å². The number of hydrogen-bond acceptors (Lipinski definition) is 3. The molecule has 2 rings (SSSR count). The molecular formula is C15H23NO2. The lowest BCUT2D eigenvalue weighted by Crippen LogP contribution is -2.37. The molecule has 0 fully saturated rings. The highest BCUT2D eigenvalue weighted by molar-refractivity contribution is 5.49. The van der Waals surface area contributed by atoms with E-state index in [-0.39, 0.29) is 5.41 Å². The lowest BCUT2D eigenvalue weighted by atomic mass is 9.78. The zero-order chi connectivity index (χ0) is 13.3. The Bertz CT molecular complexity index is 435. The van der Waals surface area contributed by atoms with E-state index in [2.05, 4.69) is 38.2 Å². The second-order valence-corrected chi connectivity index (χ2v) is 5.91. The number of rotatable bonds is 2. The largest absolute Gasteiger partial charge is 0.493 e. The standard InChI is InChI=1S/C15H23NO2/c1-15(2,3)14-11-9-13(18-5)12(17-4)8-10(11)6-7-16-14/h8-9,14,16H,6-7H2,1-5H3/t14-/m1/s1. The summed E-state index contributed by atoms with van der Waals surface area (Å²) in [6, 6.07) is 4.60. The maximum Gasteiger partial charge on any atom is 0.161 e. The normalized spacial score (nSPS) is 19.3. The monoisotopic (exact) mass is 249 g/mol. The van der Waals surface area contributed by atoms with E-state index in [1.54, 1.807) is 14.2 Å². The van der Waals surface area contributed by atoms with E-state index < -0.39 is 0 Å². The Hall–Kier alpha value is -1.22. The van der Waals surface area contributed by atoms with Crippen LogP contribution in [0.3, 0.4) is 0 Å². The number of benzene rings is 1. The molecular weight excluding hydrogens is 226 g/mol. The van der Waals surface area contributed by atoms with Crippen molar-refractivity contribution >= 4 is 0 Å². The van der Waals surface area contributed by atoms with E-state index in [0.717, 1.165) is 24.5 Å². The Kier molecular flexibility index (Phi) is 3.53. The van der Waals surface area contributed by atoms with Gasteiger partial charge in [0.1, 0.15) is 0 Å². The maximum absolute atomic E-state index is 5.41. The van der Waals surface area contributed by atoms with E-state index >= 15 is 0 Å². The summed E-state index contributed by atoms with van der Waals surface area (Å²) in [5.41, 5.74) is 2.90. The molecule has 3 nitrogen and oxygen atoms in total. The van der Waals surface area contributed by atoms with Gasteiger partial charge in [0.15, 0.2) is 11.5 Å². The fourth-order valence-corrected chi connectivity index (χ4v) is 2.66. The molecule has 0 unspecified atom stereocenters. The van der Waals surface area contributed by atoms with Crippen molar-refractivity contribution in [3.8, 4) is 11.5 Å². The third-order valence-electron chi connectivity index (χ3n) is 3.57. The highest BCUT2D eigenvalue weighted by Gasteiger charge is 2.31. The molecule has 1 aromatic rings. The lowest BCUT2D eigenvalue weighted by molar-refractivity contribution is 0.261. The molecule has 100 valence electrons. The third kappa shape index (κ3) is 2.32. The second-order valence-electron chi connectivity index (χ2n) is 5.91. The Morgan fingerprint density at radius 1 is 1.11 bits per heavy atom. The molecule has 0 aromatic heterocycles. The van der Waals surface area contributed by atoms with Crippen molar-refractivity contribution in [3.63, 3.8) is 0 Å². The first kappa shape index (κ1) is 13.2. The zero-order valence-corrected chi connectivity index (χ0v) is 12.0. The number of hydrogen-bond donors (Lipinski definition) is 1. The van der Waals surface area contributed by atoms with Crippen LogP contribution < -0.4 is 14.8 Å². The molecule has 0 amide bonds. The van der Waals surface area contributed by atoms with Gasteiger partial charge < -0.3 is 14.8 Å². The summed E-state index contributed by atoms with van der Waals surface area (Å²) < 4.78 is 10.8. The van der Waals surface area contributed by atoms with Crippen LogP contribution in [0, 0.1) is 5.41 Å². The van der Waals surface area contributed by atoms with Crippen molar-refractivity contribution in [2.45, 2.75) is 33.2 Å². The third-order valence-corrected chi connectivity index (χ3v) is 3.57. The van der Waals surface area contributed by atoms with Crippen LogP contribution in [-0.2, 0) is 6.42 Å². The molecule has 1 atom stereocenters. The minimum absolute atomic E-state index is 0.189. The van der Waals surface area contributed by atoms with Crippen molar-refractivity contribution in [1.82, 2.24) is 5.32 Å². The van der Waals surface area contributed by atoms with Gasteiger partial charge in [0.2, 0.25) is 0 Å². The fourth-order valence-electron chi connectivity index (χ4n) is 2.66. The first-order valence-corrected chi connectivity index (χ1v) is 6.45. The minimum Gasteiger partial charge on any atom is -0.493 e. The molecule has 0 spiro atoms. The van der Waals surface area contributed by atoms with Gasteiger partial charge in [0, 0.05) is 6.04 Å². The first-order valence-electron chi connectivity index (χ1n) is 6.45. The van der Waals surface area contributed by atoms with Crippen LogP contribution in [0.15, 0.2) is 12.1 Å². The molecule has 0 bridgehead atoms. The number of methoxy groups -OCH3 is 2. The van der Waals surface area contributed by atoms with E-state index in [9.17, 15) is 0 Å². The lowest BCUT2D eigenvalue weighted by Gasteiger charge is -2.37. The summed E-state index contributed by atoms with van der Waals surface area (Å²) in [6.45, 7) is 7.80. The average molecular weight is 249 g/mol. The molecule has 1 N–H and O–H groups in total. The van der Waals surface area contributed by atoms with E-state index in [1.807, 2.05) is 0 Å². The zero-order valence-electron chi connectivity index (χ0n) is 12.0. The van der Waals surface area contributed by atoms with E-state index in [1.165, 1.54) is 11.1 Å². The minimum atomic E-state index is 0.189. The SMILES string of the molecule is COc1cc2c(cc1OC)[C@H](C(C)(C)C)NCC2. The smallest absolute Gasteiger partial charge is 0.161 e. The molecule has 0 saturated heterocycles. The number of fused-ring (bicyclic) bond motifs is 1. The predicted octanol–water partition coefficient (Wildman–Crippen LogP) is 2.94. The number of ether oxygens (including phenoxy) is 2. The van der Waals surface area contributed by atoms with Crippen molar-refractivity contribution in [2.24, 2.45) is 5.41 Å². The molecule has 0 aliphatic carbocycles. The summed E-state index contributed by atoms with van der Waals surface area (Å²) in [5.74, 6) is 1.64. The Morgan fingerprint density at radius 3 is 2.28 bits per heavy atom. The number of nitrogens with one attached hydrogen (secondary N) is 1. The molecule has 0 saturated carbocycles. The van der Waals surface area contributed by atoms with Gasteiger partial charge in [0.25, 0.3) is 0 Å². The molecule has 1 aliphatic rings.